The monoisotopic (exact) mass is 203 g/mol. The van der Waals surface area contributed by atoms with Crippen molar-refractivity contribution in [1.82, 2.24) is 0 Å². The zero-order valence-corrected chi connectivity index (χ0v) is 7.48. The molecule has 0 N–H and O–H groups in total. The Labute approximate surface area is 79.3 Å². The third kappa shape index (κ3) is 3.24. The van der Waals surface area contributed by atoms with Crippen molar-refractivity contribution in [2.24, 2.45) is 0 Å². The Morgan fingerprint density at radius 3 is 2.36 bits per heavy atom. The molecule has 1 aromatic rings. The molecular weight excluding hydrogens is 195 g/mol. The van der Waals surface area contributed by atoms with E-state index in [1.807, 2.05) is 0 Å². The van der Waals surface area contributed by atoms with Crippen molar-refractivity contribution in [3.8, 4) is 0 Å². The van der Waals surface area contributed by atoms with Gasteiger partial charge in [-0.25, -0.2) is 4.39 Å². The maximum absolute atomic E-state index is 12.9. The van der Waals surface area contributed by atoms with Crippen LogP contribution in [0.1, 0.15) is 11.1 Å². The molecule has 0 bridgehead atoms. The van der Waals surface area contributed by atoms with Crippen molar-refractivity contribution in [1.29, 1.82) is 0 Å². The van der Waals surface area contributed by atoms with Gasteiger partial charge in [-0.15, -0.1) is 5.98 Å². The van der Waals surface area contributed by atoms with Crippen LogP contribution >= 0.6 is 0 Å². The molecule has 0 aromatic heterocycles. The molecule has 0 heterocycles. The lowest BCUT2D eigenvalue weighted by molar-refractivity contribution is 0.499. The zero-order valence-electron chi connectivity index (χ0n) is 7.48. The maximum Gasteiger partial charge on any atom is 0.502 e. The minimum absolute atomic E-state index is 0.143. The summed E-state index contributed by atoms with van der Waals surface area (Å²) < 4.78 is 48.3. The molecule has 0 aliphatic rings. The second-order valence-electron chi connectivity index (χ2n) is 2.99. The van der Waals surface area contributed by atoms with E-state index >= 15 is 0 Å². The molecule has 0 saturated carbocycles. The number of hydrogen-bond acceptors (Lipinski definition) is 0. The van der Waals surface area contributed by atoms with Gasteiger partial charge in [0, 0.05) is 0 Å². The molecule has 14 heavy (non-hydrogen) atoms. The highest BCUT2D eigenvalue weighted by atomic mass is 19.4. The van der Waals surface area contributed by atoms with Crippen molar-refractivity contribution < 1.29 is 17.3 Å². The second kappa shape index (κ2) is 3.86. The third-order valence-corrected chi connectivity index (χ3v) is 1.70. The van der Waals surface area contributed by atoms with Crippen molar-refractivity contribution in [2.75, 3.05) is 0 Å². The fourth-order valence-corrected chi connectivity index (χ4v) is 0.933. The SMILES string of the molecule is Cc1ccc(/C=C/[B-](F)(F)F)cc1F. The molecule has 0 fully saturated rings. The molecule has 0 saturated heterocycles. The van der Waals surface area contributed by atoms with Crippen LogP contribution in [0, 0.1) is 12.7 Å². The summed E-state index contributed by atoms with van der Waals surface area (Å²) >= 11 is 0. The predicted octanol–water partition coefficient (Wildman–Crippen LogP) is 3.53. The van der Waals surface area contributed by atoms with E-state index in [1.54, 1.807) is 6.92 Å². The van der Waals surface area contributed by atoms with Gasteiger partial charge in [0.2, 0.25) is 0 Å². The summed E-state index contributed by atoms with van der Waals surface area (Å²) in [5.74, 6) is -0.355. The van der Waals surface area contributed by atoms with E-state index < -0.39 is 12.8 Å². The number of aryl methyl sites for hydroxylation is 1. The van der Waals surface area contributed by atoms with Crippen LogP contribution in [0.4, 0.5) is 17.3 Å². The highest BCUT2D eigenvalue weighted by Gasteiger charge is 2.16. The van der Waals surface area contributed by atoms with Gasteiger partial charge in [-0.05, 0) is 24.1 Å². The zero-order chi connectivity index (χ0) is 10.8. The van der Waals surface area contributed by atoms with Gasteiger partial charge >= 0.3 is 6.98 Å². The molecule has 0 atom stereocenters. The Kier molecular flexibility index (Phi) is 2.98. The Bertz CT molecular complexity index is 354. The molecular formula is C9H8BF4-. The van der Waals surface area contributed by atoms with Crippen LogP contribution in [0.25, 0.3) is 6.08 Å². The summed E-state index contributed by atoms with van der Waals surface area (Å²) in [6, 6.07) is 3.96. The molecule has 0 nitrogen and oxygen atoms in total. The first-order valence-electron chi connectivity index (χ1n) is 4.04. The largest absolute Gasteiger partial charge is 0.502 e. The van der Waals surface area contributed by atoms with E-state index in [-0.39, 0.29) is 11.5 Å². The lowest BCUT2D eigenvalue weighted by Gasteiger charge is -2.06. The third-order valence-electron chi connectivity index (χ3n) is 1.70. The Morgan fingerprint density at radius 2 is 1.86 bits per heavy atom. The van der Waals surface area contributed by atoms with Crippen LogP contribution in [0.5, 0.6) is 0 Å². The topological polar surface area (TPSA) is 0 Å². The number of hydrogen-bond donors (Lipinski definition) is 0. The minimum Gasteiger partial charge on any atom is -0.445 e. The molecule has 5 heteroatoms. The van der Waals surface area contributed by atoms with Crippen molar-refractivity contribution >= 4 is 13.1 Å². The van der Waals surface area contributed by atoms with Crippen molar-refractivity contribution in [3.63, 3.8) is 0 Å². The first kappa shape index (κ1) is 10.8. The molecule has 0 aliphatic heterocycles. The fraction of sp³-hybridized carbons (Fsp3) is 0.111. The lowest BCUT2D eigenvalue weighted by atomic mass is 9.90. The number of rotatable bonds is 2. The summed E-state index contributed by atoms with van der Waals surface area (Å²) in [7, 11) is 0. The van der Waals surface area contributed by atoms with Crippen LogP contribution in [-0.2, 0) is 0 Å². The van der Waals surface area contributed by atoms with Gasteiger partial charge in [-0.3, -0.25) is 0 Å². The number of halogens is 4. The van der Waals surface area contributed by atoms with E-state index in [0.717, 1.165) is 12.1 Å². The normalized spacial score (nSPS) is 12.4. The fourth-order valence-electron chi connectivity index (χ4n) is 0.933. The van der Waals surface area contributed by atoms with E-state index in [1.165, 1.54) is 12.1 Å². The molecule has 1 aromatic carbocycles. The highest BCUT2D eigenvalue weighted by molar-refractivity contribution is 6.64. The van der Waals surface area contributed by atoms with Crippen LogP contribution in [-0.4, -0.2) is 6.98 Å². The van der Waals surface area contributed by atoms with Crippen LogP contribution in [0.3, 0.4) is 0 Å². The standard InChI is InChI=1S/C9H8BF4/c1-7-2-3-8(6-9(7)11)4-5-10(12,13)14/h2-6H,1H3/q-1/b5-4+. The highest BCUT2D eigenvalue weighted by Crippen LogP contribution is 2.15. The molecule has 0 radical (unpaired) electrons. The molecule has 0 unspecified atom stereocenters. The van der Waals surface area contributed by atoms with Gasteiger partial charge in [-0.2, -0.15) is 0 Å². The van der Waals surface area contributed by atoms with Crippen molar-refractivity contribution in [3.05, 3.63) is 41.1 Å². The van der Waals surface area contributed by atoms with Gasteiger partial charge in [0.05, 0.1) is 0 Å². The van der Waals surface area contributed by atoms with Crippen LogP contribution in [0.2, 0.25) is 0 Å². The minimum atomic E-state index is -4.95. The average Bonchev–Trinajstić information content (AvgIpc) is 2.06. The average molecular weight is 203 g/mol. The number of benzene rings is 1. The smallest absolute Gasteiger partial charge is 0.445 e. The summed E-state index contributed by atoms with van der Waals surface area (Å²) in [6.45, 7) is -3.40. The van der Waals surface area contributed by atoms with Crippen molar-refractivity contribution in [2.45, 2.75) is 6.92 Å². The van der Waals surface area contributed by atoms with Gasteiger partial charge in [0.25, 0.3) is 0 Å². The molecule has 0 spiro atoms. The van der Waals surface area contributed by atoms with E-state index in [2.05, 4.69) is 0 Å². The first-order valence-corrected chi connectivity index (χ1v) is 4.04. The summed E-state index contributed by atoms with van der Waals surface area (Å²) in [6.07, 6.45) is 0.864. The summed E-state index contributed by atoms with van der Waals surface area (Å²) in [5.41, 5.74) is 0.631. The summed E-state index contributed by atoms with van der Waals surface area (Å²) in [5, 5.41) is 0. The molecule has 1 rings (SSSR count). The summed E-state index contributed by atoms with van der Waals surface area (Å²) in [4.78, 5) is 0. The lowest BCUT2D eigenvalue weighted by Crippen LogP contribution is -2.09. The van der Waals surface area contributed by atoms with Gasteiger partial charge in [-0.1, -0.05) is 18.2 Å². The molecule has 76 valence electrons. The second-order valence-corrected chi connectivity index (χ2v) is 2.99. The maximum atomic E-state index is 12.9. The van der Waals surface area contributed by atoms with Gasteiger partial charge in [0.15, 0.2) is 0 Å². The Morgan fingerprint density at radius 1 is 1.21 bits per heavy atom. The van der Waals surface area contributed by atoms with Gasteiger partial charge in [0.1, 0.15) is 5.82 Å². The van der Waals surface area contributed by atoms with E-state index in [4.69, 9.17) is 0 Å². The van der Waals surface area contributed by atoms with Gasteiger partial charge < -0.3 is 12.9 Å². The first-order chi connectivity index (χ1) is 6.38. The Balaban J connectivity index is 2.89. The van der Waals surface area contributed by atoms with E-state index in [0.29, 0.717) is 5.56 Å². The van der Waals surface area contributed by atoms with E-state index in [9.17, 15) is 17.3 Å². The van der Waals surface area contributed by atoms with Crippen LogP contribution in [0.15, 0.2) is 24.2 Å². The quantitative estimate of drug-likeness (QED) is 0.509. The molecule has 0 amide bonds. The predicted molar refractivity (Wildman–Crippen MR) is 49.2 cm³/mol. The molecule has 0 aliphatic carbocycles. The van der Waals surface area contributed by atoms with Crippen LogP contribution < -0.4 is 0 Å². The Hall–Kier alpha value is -1.26.